The average Bonchev–Trinajstić information content (AvgIpc) is 3.24. The minimum absolute atomic E-state index is 0.133. The number of alkyl halides is 3. The molecule has 3 heterocycles. The third-order valence-electron chi connectivity index (χ3n) is 7.49. The number of ether oxygens (including phenoxy) is 1. The second kappa shape index (κ2) is 11.8. The minimum Gasteiger partial charge on any atom is -0.434 e. The summed E-state index contributed by atoms with van der Waals surface area (Å²) in [4.78, 5) is 43.7. The molecule has 2 aliphatic rings. The summed E-state index contributed by atoms with van der Waals surface area (Å²) >= 11 is 1.38. The molecule has 1 aromatic carbocycles. The Bertz CT molecular complexity index is 1250. The number of likely N-dealkylation sites (tertiary alicyclic amines) is 1. The summed E-state index contributed by atoms with van der Waals surface area (Å²) in [5.41, 5.74) is -0.992. The van der Waals surface area contributed by atoms with Crippen LogP contribution in [0.15, 0.2) is 18.2 Å². The molecule has 220 valence electrons. The van der Waals surface area contributed by atoms with Crippen molar-refractivity contribution in [3.8, 4) is 0 Å². The number of urea groups is 1. The zero-order valence-electron chi connectivity index (χ0n) is 23.2. The minimum atomic E-state index is -4.65. The molecule has 0 unspecified atom stereocenters. The van der Waals surface area contributed by atoms with Crippen LogP contribution in [0.5, 0.6) is 0 Å². The summed E-state index contributed by atoms with van der Waals surface area (Å²) < 4.78 is 45.0. The lowest BCUT2D eigenvalue weighted by Gasteiger charge is -2.43. The highest BCUT2D eigenvalue weighted by molar-refractivity contribution is 7.23. The van der Waals surface area contributed by atoms with Crippen molar-refractivity contribution in [2.75, 3.05) is 51.1 Å². The molecule has 9 nitrogen and oxygen atoms in total. The van der Waals surface area contributed by atoms with Crippen molar-refractivity contribution in [3.05, 3.63) is 29.3 Å². The molecule has 2 fully saturated rings. The van der Waals surface area contributed by atoms with E-state index in [2.05, 4.69) is 15.5 Å². The van der Waals surface area contributed by atoms with Gasteiger partial charge in [-0.1, -0.05) is 12.1 Å². The van der Waals surface area contributed by atoms with Gasteiger partial charge in [-0.2, -0.15) is 13.2 Å². The lowest BCUT2D eigenvalue weighted by molar-refractivity contribution is -0.246. The number of anilines is 1. The van der Waals surface area contributed by atoms with Crippen molar-refractivity contribution < 1.29 is 32.3 Å². The van der Waals surface area contributed by atoms with Crippen LogP contribution in [0.4, 0.5) is 27.8 Å². The molecule has 0 spiro atoms. The van der Waals surface area contributed by atoms with Crippen LogP contribution in [0.2, 0.25) is 0 Å². The molecule has 2 saturated heterocycles. The normalized spacial score (nSPS) is 17.7. The Morgan fingerprint density at radius 3 is 2.27 bits per heavy atom. The van der Waals surface area contributed by atoms with Crippen LogP contribution in [0.3, 0.4) is 0 Å². The largest absolute Gasteiger partial charge is 0.434 e. The molecule has 0 bridgehead atoms. The van der Waals surface area contributed by atoms with E-state index < -0.39 is 17.9 Å². The molecular weight excluding hydrogens is 547 g/mol. The number of nitrogens with zero attached hydrogens (tertiary/aromatic N) is 3. The van der Waals surface area contributed by atoms with E-state index >= 15 is 0 Å². The molecule has 1 aromatic heterocycles. The number of carbonyl (C=O) groups is 3. The molecule has 0 atom stereocenters. The standard InChI is InChI=1S/C27H36F3N5O4S/c1-5-31-24(37)32-22-21(19-7-6-17(2)16-20(19)40-22)23(36)34-14-12-33(13-15-34)18-8-10-35(11-9-18)25(38)39-26(3,4)27(28,29)30/h6-7,16,18H,5,8-15H2,1-4H3,(H2,31,32,37). The van der Waals surface area contributed by atoms with Crippen molar-refractivity contribution in [2.24, 2.45) is 0 Å². The van der Waals surface area contributed by atoms with E-state index in [1.54, 1.807) is 4.90 Å². The van der Waals surface area contributed by atoms with Gasteiger partial charge in [0.15, 0.2) is 0 Å². The molecule has 40 heavy (non-hydrogen) atoms. The van der Waals surface area contributed by atoms with Gasteiger partial charge in [0.25, 0.3) is 5.91 Å². The molecule has 13 heteroatoms. The summed E-state index contributed by atoms with van der Waals surface area (Å²) in [5.74, 6) is -0.133. The Balaban J connectivity index is 1.36. The van der Waals surface area contributed by atoms with Gasteiger partial charge in [0.2, 0.25) is 5.60 Å². The van der Waals surface area contributed by atoms with Gasteiger partial charge in [-0.25, -0.2) is 9.59 Å². The van der Waals surface area contributed by atoms with E-state index in [0.29, 0.717) is 69.2 Å². The Labute approximate surface area is 235 Å². The highest BCUT2D eigenvalue weighted by atomic mass is 32.1. The fourth-order valence-electron chi connectivity index (χ4n) is 5.01. The Kier molecular flexibility index (Phi) is 8.83. The Morgan fingerprint density at radius 1 is 1.02 bits per heavy atom. The fourth-order valence-corrected chi connectivity index (χ4v) is 6.20. The van der Waals surface area contributed by atoms with Crippen molar-refractivity contribution in [1.29, 1.82) is 0 Å². The Morgan fingerprint density at radius 2 is 1.68 bits per heavy atom. The van der Waals surface area contributed by atoms with Crippen LogP contribution >= 0.6 is 11.3 Å². The number of hydrogen-bond donors (Lipinski definition) is 2. The number of hydrogen-bond acceptors (Lipinski definition) is 6. The first kappa shape index (κ1) is 29.9. The predicted molar refractivity (Wildman–Crippen MR) is 148 cm³/mol. The van der Waals surface area contributed by atoms with Gasteiger partial charge in [-0.05, 0) is 52.2 Å². The van der Waals surface area contributed by atoms with Gasteiger partial charge < -0.3 is 19.9 Å². The molecule has 2 aromatic rings. The zero-order chi connectivity index (χ0) is 29.2. The second-order valence-electron chi connectivity index (χ2n) is 10.7. The van der Waals surface area contributed by atoms with Crippen LogP contribution in [0, 0.1) is 6.92 Å². The molecule has 4 amide bonds. The SMILES string of the molecule is CCNC(=O)Nc1sc2cc(C)ccc2c1C(=O)N1CCN(C2CCN(C(=O)OC(C)(C)C(F)(F)F)CC2)CC1. The van der Waals surface area contributed by atoms with E-state index in [-0.39, 0.29) is 18.0 Å². The number of thiophene rings is 1. The third kappa shape index (κ3) is 6.46. The van der Waals surface area contributed by atoms with E-state index in [0.717, 1.165) is 29.5 Å². The van der Waals surface area contributed by atoms with E-state index in [4.69, 9.17) is 4.74 Å². The maximum absolute atomic E-state index is 13.7. The van der Waals surface area contributed by atoms with Gasteiger partial charge in [-0.3, -0.25) is 15.0 Å². The van der Waals surface area contributed by atoms with Crippen LogP contribution in [0.25, 0.3) is 10.1 Å². The average molecular weight is 584 g/mol. The van der Waals surface area contributed by atoms with Crippen molar-refractivity contribution in [1.82, 2.24) is 20.0 Å². The first-order chi connectivity index (χ1) is 18.8. The van der Waals surface area contributed by atoms with Gasteiger partial charge in [0.1, 0.15) is 5.00 Å². The number of fused-ring (bicyclic) bond motifs is 1. The van der Waals surface area contributed by atoms with Crippen LogP contribution in [-0.4, -0.2) is 96.4 Å². The van der Waals surface area contributed by atoms with Gasteiger partial charge in [0.05, 0.1) is 5.56 Å². The fraction of sp³-hybridized carbons (Fsp3) is 0.593. The highest BCUT2D eigenvalue weighted by Gasteiger charge is 2.51. The monoisotopic (exact) mass is 583 g/mol. The molecule has 4 rings (SSSR count). The topological polar surface area (TPSA) is 94.2 Å². The van der Waals surface area contributed by atoms with Crippen molar-refractivity contribution >= 4 is 44.5 Å². The Hall–Kier alpha value is -3.06. The number of rotatable bonds is 5. The summed E-state index contributed by atoms with van der Waals surface area (Å²) in [5, 5.41) is 6.88. The molecular formula is C27H36F3N5O4S. The summed E-state index contributed by atoms with van der Waals surface area (Å²) in [7, 11) is 0. The van der Waals surface area contributed by atoms with Crippen LogP contribution in [0.1, 0.15) is 49.5 Å². The van der Waals surface area contributed by atoms with E-state index in [1.165, 1.54) is 16.2 Å². The maximum Gasteiger partial charge on any atom is 0.427 e. The highest BCUT2D eigenvalue weighted by Crippen LogP contribution is 2.38. The molecule has 2 aliphatic heterocycles. The van der Waals surface area contributed by atoms with Crippen molar-refractivity contribution in [2.45, 2.75) is 58.4 Å². The smallest absolute Gasteiger partial charge is 0.427 e. The zero-order valence-corrected chi connectivity index (χ0v) is 24.0. The second-order valence-corrected chi connectivity index (χ2v) is 11.8. The number of benzene rings is 1. The lowest BCUT2D eigenvalue weighted by atomic mass is 10.0. The first-order valence-electron chi connectivity index (χ1n) is 13.5. The van der Waals surface area contributed by atoms with E-state index in [9.17, 15) is 27.6 Å². The predicted octanol–water partition coefficient (Wildman–Crippen LogP) is 5.05. The number of aryl methyl sites for hydroxylation is 1. The maximum atomic E-state index is 13.7. The molecule has 0 aliphatic carbocycles. The third-order valence-corrected chi connectivity index (χ3v) is 8.56. The number of nitrogens with one attached hydrogen (secondary N) is 2. The summed E-state index contributed by atoms with van der Waals surface area (Å²) in [6, 6.07) is 5.68. The molecule has 2 N–H and O–H groups in total. The molecule has 0 radical (unpaired) electrons. The lowest BCUT2D eigenvalue weighted by Crippen LogP contribution is -2.55. The first-order valence-corrected chi connectivity index (χ1v) is 14.3. The number of halogens is 3. The number of amides is 4. The number of carbonyl (C=O) groups excluding carboxylic acids is 3. The summed E-state index contributed by atoms with van der Waals surface area (Å²) in [6.07, 6.45) is -4.37. The van der Waals surface area contributed by atoms with Crippen LogP contribution in [-0.2, 0) is 4.74 Å². The van der Waals surface area contributed by atoms with Gasteiger partial charge in [-0.15, -0.1) is 11.3 Å². The quantitative estimate of drug-likeness (QED) is 0.514. The van der Waals surface area contributed by atoms with Gasteiger partial charge >= 0.3 is 18.3 Å². The van der Waals surface area contributed by atoms with Crippen LogP contribution < -0.4 is 10.6 Å². The van der Waals surface area contributed by atoms with Gasteiger partial charge in [0, 0.05) is 61.9 Å². The molecule has 0 saturated carbocycles. The number of piperidine rings is 1. The van der Waals surface area contributed by atoms with Crippen molar-refractivity contribution in [3.63, 3.8) is 0 Å². The van der Waals surface area contributed by atoms with E-state index in [1.807, 2.05) is 32.0 Å². The number of piperazine rings is 1. The summed E-state index contributed by atoms with van der Waals surface area (Å²) in [6.45, 7) is 8.87.